The third kappa shape index (κ3) is 1.85. The van der Waals surface area contributed by atoms with Crippen molar-refractivity contribution in [3.05, 3.63) is 29.8 Å². The number of hydrogen-bond acceptors (Lipinski definition) is 4. The van der Waals surface area contributed by atoms with Crippen molar-refractivity contribution in [2.75, 3.05) is 7.11 Å². The van der Waals surface area contributed by atoms with E-state index in [4.69, 9.17) is 5.11 Å². The Bertz CT molecular complexity index is 344. The number of aromatic hydroxyl groups is 1. The summed E-state index contributed by atoms with van der Waals surface area (Å²) in [5.41, 5.74) is -1.43. The molecule has 1 aromatic carbocycles. The lowest BCUT2D eigenvalue weighted by Gasteiger charge is -2.20. The molecule has 0 saturated carbocycles. The zero-order valence-corrected chi connectivity index (χ0v) is 8.02. The SMILES string of the molecule is COC(=O)C(C)(O)c1cccc(O)c1. The Balaban J connectivity index is 3.09. The highest BCUT2D eigenvalue weighted by Crippen LogP contribution is 2.24. The van der Waals surface area contributed by atoms with Gasteiger partial charge in [0.2, 0.25) is 0 Å². The van der Waals surface area contributed by atoms with E-state index in [1.807, 2.05) is 0 Å². The number of esters is 1. The fourth-order valence-electron chi connectivity index (χ4n) is 1.13. The average molecular weight is 196 g/mol. The van der Waals surface area contributed by atoms with E-state index in [0.717, 1.165) is 0 Å². The molecule has 0 aliphatic heterocycles. The Morgan fingerprint density at radius 1 is 1.50 bits per heavy atom. The third-order valence-electron chi connectivity index (χ3n) is 1.99. The van der Waals surface area contributed by atoms with Gasteiger partial charge in [0, 0.05) is 0 Å². The fourth-order valence-corrected chi connectivity index (χ4v) is 1.13. The number of carbonyl (C=O) groups is 1. The summed E-state index contributed by atoms with van der Waals surface area (Å²) in [7, 11) is 1.19. The summed E-state index contributed by atoms with van der Waals surface area (Å²) >= 11 is 0. The predicted molar refractivity (Wildman–Crippen MR) is 49.7 cm³/mol. The highest BCUT2D eigenvalue weighted by Gasteiger charge is 2.33. The van der Waals surface area contributed by atoms with Crippen LogP contribution in [-0.4, -0.2) is 23.3 Å². The number of methoxy groups -OCH3 is 1. The lowest BCUT2D eigenvalue weighted by molar-refractivity contribution is -0.161. The molecule has 0 spiro atoms. The number of rotatable bonds is 2. The molecule has 0 fully saturated rings. The second-order valence-electron chi connectivity index (χ2n) is 3.11. The Morgan fingerprint density at radius 2 is 2.14 bits per heavy atom. The Kier molecular flexibility index (Phi) is 2.76. The number of hydrogen-bond donors (Lipinski definition) is 2. The molecule has 1 rings (SSSR count). The molecule has 4 heteroatoms. The van der Waals surface area contributed by atoms with E-state index in [2.05, 4.69) is 4.74 Å². The predicted octanol–water partition coefficient (Wildman–Crippen LogP) is 0.773. The van der Waals surface area contributed by atoms with Crippen LogP contribution in [0.15, 0.2) is 24.3 Å². The number of aliphatic hydroxyl groups is 1. The number of benzene rings is 1. The van der Waals surface area contributed by atoms with Gasteiger partial charge in [0.15, 0.2) is 5.60 Å². The van der Waals surface area contributed by atoms with Gasteiger partial charge in [0.1, 0.15) is 5.75 Å². The summed E-state index contributed by atoms with van der Waals surface area (Å²) in [5.74, 6) is -0.769. The second-order valence-corrected chi connectivity index (χ2v) is 3.11. The van der Waals surface area contributed by atoms with Crippen LogP contribution < -0.4 is 0 Å². The van der Waals surface area contributed by atoms with Crippen molar-refractivity contribution in [3.63, 3.8) is 0 Å². The number of carbonyl (C=O) groups excluding carboxylic acids is 1. The molecule has 76 valence electrons. The third-order valence-corrected chi connectivity index (χ3v) is 1.99. The zero-order valence-electron chi connectivity index (χ0n) is 8.02. The largest absolute Gasteiger partial charge is 0.508 e. The van der Waals surface area contributed by atoms with Gasteiger partial charge in [-0.3, -0.25) is 0 Å². The van der Waals surface area contributed by atoms with Crippen molar-refractivity contribution < 1.29 is 19.7 Å². The van der Waals surface area contributed by atoms with Crippen LogP contribution in [0, 0.1) is 0 Å². The van der Waals surface area contributed by atoms with Crippen LogP contribution in [0.4, 0.5) is 0 Å². The Hall–Kier alpha value is -1.55. The van der Waals surface area contributed by atoms with E-state index in [1.54, 1.807) is 6.07 Å². The molecule has 2 N–H and O–H groups in total. The van der Waals surface area contributed by atoms with Gasteiger partial charge >= 0.3 is 5.97 Å². The summed E-state index contributed by atoms with van der Waals surface area (Å²) < 4.78 is 4.44. The molecule has 4 nitrogen and oxygen atoms in total. The van der Waals surface area contributed by atoms with E-state index in [1.165, 1.54) is 32.2 Å². The summed E-state index contributed by atoms with van der Waals surface area (Å²) in [5, 5.41) is 19.0. The number of ether oxygens (including phenoxy) is 1. The first-order valence-electron chi connectivity index (χ1n) is 4.09. The summed E-state index contributed by atoms with van der Waals surface area (Å²) in [6, 6.07) is 5.85. The molecular weight excluding hydrogens is 184 g/mol. The fraction of sp³-hybridized carbons (Fsp3) is 0.300. The number of phenols is 1. The van der Waals surface area contributed by atoms with Crippen molar-refractivity contribution >= 4 is 5.97 Å². The Labute approximate surface area is 81.8 Å². The first-order chi connectivity index (χ1) is 6.48. The maximum atomic E-state index is 11.2. The molecule has 1 aromatic rings. The Morgan fingerprint density at radius 3 is 2.64 bits per heavy atom. The van der Waals surface area contributed by atoms with Crippen molar-refractivity contribution in [1.82, 2.24) is 0 Å². The molecule has 0 aliphatic carbocycles. The van der Waals surface area contributed by atoms with Gasteiger partial charge < -0.3 is 14.9 Å². The van der Waals surface area contributed by atoms with Gasteiger partial charge in [0.25, 0.3) is 0 Å². The maximum absolute atomic E-state index is 11.2. The van der Waals surface area contributed by atoms with E-state index < -0.39 is 11.6 Å². The monoisotopic (exact) mass is 196 g/mol. The van der Waals surface area contributed by atoms with E-state index >= 15 is 0 Å². The van der Waals surface area contributed by atoms with Crippen LogP contribution in [0.25, 0.3) is 0 Å². The highest BCUT2D eigenvalue weighted by molar-refractivity contribution is 5.80. The minimum Gasteiger partial charge on any atom is -0.508 e. The molecule has 0 saturated heterocycles. The molecule has 1 unspecified atom stereocenters. The van der Waals surface area contributed by atoms with Crippen molar-refractivity contribution in [3.8, 4) is 5.75 Å². The highest BCUT2D eigenvalue weighted by atomic mass is 16.5. The van der Waals surface area contributed by atoms with E-state index in [-0.39, 0.29) is 5.75 Å². The van der Waals surface area contributed by atoms with E-state index in [9.17, 15) is 9.90 Å². The van der Waals surface area contributed by atoms with E-state index in [0.29, 0.717) is 5.56 Å². The molecule has 0 heterocycles. The topological polar surface area (TPSA) is 66.8 Å². The quantitative estimate of drug-likeness (QED) is 0.686. The molecule has 0 radical (unpaired) electrons. The van der Waals surface area contributed by atoms with Crippen LogP contribution in [0.5, 0.6) is 5.75 Å². The van der Waals surface area contributed by atoms with Gasteiger partial charge in [-0.15, -0.1) is 0 Å². The number of phenolic OH excluding ortho intramolecular Hbond substituents is 1. The molecular formula is C10H12O4. The summed E-state index contributed by atoms with van der Waals surface area (Å²) in [6.07, 6.45) is 0. The standard InChI is InChI=1S/C10H12O4/c1-10(13,9(12)14-2)7-4-3-5-8(11)6-7/h3-6,11,13H,1-2H3. The van der Waals surface area contributed by atoms with Gasteiger partial charge in [-0.25, -0.2) is 4.79 Å². The zero-order chi connectivity index (χ0) is 10.8. The minimum atomic E-state index is -1.73. The smallest absolute Gasteiger partial charge is 0.342 e. The summed E-state index contributed by atoms with van der Waals surface area (Å²) in [6.45, 7) is 1.31. The first-order valence-corrected chi connectivity index (χ1v) is 4.09. The first kappa shape index (κ1) is 10.5. The average Bonchev–Trinajstić information content (AvgIpc) is 2.16. The molecule has 0 aromatic heterocycles. The van der Waals surface area contributed by atoms with Gasteiger partial charge in [-0.1, -0.05) is 12.1 Å². The molecule has 1 atom stereocenters. The summed E-state index contributed by atoms with van der Waals surface area (Å²) in [4.78, 5) is 11.2. The lowest BCUT2D eigenvalue weighted by Crippen LogP contribution is -2.33. The van der Waals surface area contributed by atoms with Gasteiger partial charge in [0.05, 0.1) is 7.11 Å². The normalized spacial score (nSPS) is 14.5. The molecule has 0 amide bonds. The van der Waals surface area contributed by atoms with Crippen LogP contribution in [0.2, 0.25) is 0 Å². The molecule has 0 aliphatic rings. The van der Waals surface area contributed by atoms with Crippen LogP contribution in [0.1, 0.15) is 12.5 Å². The molecule has 0 bridgehead atoms. The van der Waals surface area contributed by atoms with Crippen LogP contribution >= 0.6 is 0 Å². The lowest BCUT2D eigenvalue weighted by atomic mass is 9.96. The van der Waals surface area contributed by atoms with Gasteiger partial charge in [-0.05, 0) is 24.6 Å². The minimum absolute atomic E-state index is 0.00771. The maximum Gasteiger partial charge on any atom is 0.342 e. The van der Waals surface area contributed by atoms with Crippen LogP contribution in [0.3, 0.4) is 0 Å². The van der Waals surface area contributed by atoms with Crippen molar-refractivity contribution in [1.29, 1.82) is 0 Å². The van der Waals surface area contributed by atoms with Crippen molar-refractivity contribution in [2.24, 2.45) is 0 Å². The molecule has 14 heavy (non-hydrogen) atoms. The van der Waals surface area contributed by atoms with Gasteiger partial charge in [-0.2, -0.15) is 0 Å². The second kappa shape index (κ2) is 3.67. The van der Waals surface area contributed by atoms with Crippen molar-refractivity contribution in [2.45, 2.75) is 12.5 Å². The van der Waals surface area contributed by atoms with Crippen LogP contribution in [-0.2, 0) is 15.1 Å².